The van der Waals surface area contributed by atoms with Gasteiger partial charge >= 0.3 is 11.9 Å². The first kappa shape index (κ1) is 17.8. The molecule has 0 aliphatic carbocycles. The number of cyclic esters (lactones) is 2. The Balaban J connectivity index is 1.56. The fourth-order valence-electron chi connectivity index (χ4n) is 3.75. The van der Waals surface area contributed by atoms with Gasteiger partial charge in [-0.05, 0) is 26.0 Å². The number of anilines is 2. The van der Waals surface area contributed by atoms with Crippen LogP contribution >= 0.6 is 11.3 Å². The normalized spacial score (nSPS) is 29.7. The summed E-state index contributed by atoms with van der Waals surface area (Å²) >= 11 is 1.41. The van der Waals surface area contributed by atoms with Crippen LogP contribution < -0.4 is 10.1 Å². The molecule has 2 aliphatic rings. The van der Waals surface area contributed by atoms with Crippen molar-refractivity contribution in [2.45, 2.75) is 38.4 Å². The van der Waals surface area contributed by atoms with Crippen LogP contribution in [-0.4, -0.2) is 30.1 Å². The molecule has 0 amide bonds. The van der Waals surface area contributed by atoms with E-state index in [2.05, 4.69) is 10.3 Å². The number of hydrogen-bond donors (Lipinski definition) is 1. The summed E-state index contributed by atoms with van der Waals surface area (Å²) in [5, 5.41) is 5.73. The maximum atomic E-state index is 12.5. The molecule has 3 atom stereocenters. The minimum absolute atomic E-state index is 0.240. The monoisotopic (exact) mass is 388 g/mol. The van der Waals surface area contributed by atoms with Crippen molar-refractivity contribution in [2.75, 3.05) is 12.4 Å². The summed E-state index contributed by atoms with van der Waals surface area (Å²) in [4.78, 5) is 29.4. The Morgan fingerprint density at radius 2 is 2.15 bits per heavy atom. The number of nitrogens with one attached hydrogen (secondary N) is 1. The predicted molar refractivity (Wildman–Crippen MR) is 99.1 cm³/mol. The van der Waals surface area contributed by atoms with Crippen LogP contribution in [0.5, 0.6) is 5.75 Å². The minimum atomic E-state index is -1.21. The molecule has 3 heterocycles. The Kier molecular flexibility index (Phi) is 4.10. The molecule has 2 fully saturated rings. The zero-order chi connectivity index (χ0) is 19.2. The topological polar surface area (TPSA) is 86.8 Å². The van der Waals surface area contributed by atoms with E-state index in [1.54, 1.807) is 21.0 Å². The fraction of sp³-hybridized carbons (Fsp3) is 0.421. The van der Waals surface area contributed by atoms with Crippen molar-refractivity contribution in [1.29, 1.82) is 0 Å². The third kappa shape index (κ3) is 2.93. The third-order valence-corrected chi connectivity index (χ3v) is 5.81. The average molecular weight is 388 g/mol. The second kappa shape index (κ2) is 6.23. The lowest BCUT2D eigenvalue weighted by Crippen LogP contribution is -2.31. The molecular weight excluding hydrogens is 368 g/mol. The highest BCUT2D eigenvalue weighted by Gasteiger charge is 2.65. The van der Waals surface area contributed by atoms with Crippen molar-refractivity contribution in [3.8, 4) is 5.75 Å². The van der Waals surface area contributed by atoms with Crippen molar-refractivity contribution in [1.82, 2.24) is 4.98 Å². The number of carbonyl (C=O) groups is 2. The van der Waals surface area contributed by atoms with Gasteiger partial charge in [0.2, 0.25) is 0 Å². The molecule has 4 rings (SSSR count). The van der Waals surface area contributed by atoms with Gasteiger partial charge < -0.3 is 19.5 Å². The Morgan fingerprint density at radius 3 is 2.85 bits per heavy atom. The van der Waals surface area contributed by atoms with Crippen LogP contribution in [0.1, 0.15) is 32.4 Å². The molecule has 0 unspecified atom stereocenters. The number of methoxy groups -OCH3 is 1. The van der Waals surface area contributed by atoms with Gasteiger partial charge in [0.1, 0.15) is 11.9 Å². The molecular formula is C19H20N2O5S. The Labute approximate surface area is 160 Å². The molecule has 1 aromatic carbocycles. The highest BCUT2D eigenvalue weighted by Crippen LogP contribution is 2.52. The van der Waals surface area contributed by atoms with E-state index < -0.39 is 23.0 Å². The van der Waals surface area contributed by atoms with Gasteiger partial charge in [0.15, 0.2) is 16.1 Å². The number of hydrogen-bond acceptors (Lipinski definition) is 8. The molecule has 1 aromatic heterocycles. The van der Waals surface area contributed by atoms with E-state index in [-0.39, 0.29) is 12.5 Å². The van der Waals surface area contributed by atoms with Gasteiger partial charge in [0.05, 0.1) is 12.8 Å². The van der Waals surface area contributed by atoms with E-state index in [1.807, 2.05) is 29.6 Å². The first-order chi connectivity index (χ1) is 12.8. The van der Waals surface area contributed by atoms with Crippen LogP contribution in [-0.2, 0) is 24.7 Å². The number of thiazole rings is 1. The smallest absolute Gasteiger partial charge is 0.324 e. The van der Waals surface area contributed by atoms with E-state index >= 15 is 0 Å². The van der Waals surface area contributed by atoms with Gasteiger partial charge in [-0.3, -0.25) is 9.59 Å². The molecule has 142 valence electrons. The van der Waals surface area contributed by atoms with Gasteiger partial charge in [0.25, 0.3) is 0 Å². The van der Waals surface area contributed by atoms with Crippen LogP contribution in [0, 0.1) is 5.41 Å². The van der Waals surface area contributed by atoms with Crippen LogP contribution in [0.25, 0.3) is 0 Å². The molecule has 2 aromatic rings. The molecule has 2 saturated heterocycles. The molecule has 1 N–H and O–H groups in total. The van der Waals surface area contributed by atoms with Crippen molar-refractivity contribution in [3.63, 3.8) is 0 Å². The maximum Gasteiger partial charge on any atom is 0.324 e. The summed E-state index contributed by atoms with van der Waals surface area (Å²) in [6, 6.07) is 7.51. The lowest BCUT2D eigenvalue weighted by atomic mass is 9.78. The molecule has 0 radical (unpaired) electrons. The zero-order valence-electron chi connectivity index (χ0n) is 15.3. The van der Waals surface area contributed by atoms with Crippen molar-refractivity contribution in [3.05, 3.63) is 35.3 Å². The molecule has 27 heavy (non-hydrogen) atoms. The van der Waals surface area contributed by atoms with E-state index in [0.29, 0.717) is 17.2 Å². The highest BCUT2D eigenvalue weighted by atomic mass is 32.1. The van der Waals surface area contributed by atoms with E-state index in [0.717, 1.165) is 11.4 Å². The molecule has 0 bridgehead atoms. The van der Waals surface area contributed by atoms with Crippen LogP contribution in [0.3, 0.4) is 0 Å². The summed E-state index contributed by atoms with van der Waals surface area (Å²) in [6.45, 7) is 3.58. The van der Waals surface area contributed by atoms with Gasteiger partial charge in [-0.1, -0.05) is 6.07 Å². The molecule has 1 spiro atoms. The van der Waals surface area contributed by atoms with Gasteiger partial charge in [-0.2, -0.15) is 0 Å². The quantitative estimate of drug-likeness (QED) is 0.635. The molecule has 7 nitrogen and oxygen atoms in total. The van der Waals surface area contributed by atoms with Crippen molar-refractivity contribution < 1.29 is 23.8 Å². The summed E-state index contributed by atoms with van der Waals surface area (Å²) in [6.07, 6.45) is 0.303. The number of aromatic nitrogens is 1. The number of rotatable bonds is 4. The number of ether oxygens (including phenoxy) is 3. The average Bonchev–Trinajstić information content (AvgIpc) is 3.27. The summed E-state index contributed by atoms with van der Waals surface area (Å²) in [5.41, 5.74) is -0.702. The van der Waals surface area contributed by atoms with Gasteiger partial charge in [0, 0.05) is 30.0 Å². The first-order valence-corrected chi connectivity index (χ1v) is 9.54. The van der Waals surface area contributed by atoms with E-state index in [9.17, 15) is 9.59 Å². The third-order valence-electron chi connectivity index (χ3n) is 5.05. The van der Waals surface area contributed by atoms with Crippen LogP contribution in [0.15, 0.2) is 29.6 Å². The summed E-state index contributed by atoms with van der Waals surface area (Å²) < 4.78 is 16.1. The van der Waals surface area contributed by atoms with E-state index in [4.69, 9.17) is 14.2 Å². The Hall–Kier alpha value is -2.61. The van der Waals surface area contributed by atoms with Crippen molar-refractivity contribution >= 4 is 34.1 Å². The van der Waals surface area contributed by atoms with Gasteiger partial charge in [-0.15, -0.1) is 11.3 Å². The number of carbonyl (C=O) groups excluding carboxylic acids is 2. The predicted octanol–water partition coefficient (Wildman–Crippen LogP) is 3.38. The number of nitrogens with zero attached hydrogens (tertiary/aromatic N) is 1. The van der Waals surface area contributed by atoms with Crippen LogP contribution in [0.2, 0.25) is 0 Å². The molecule has 0 saturated carbocycles. The number of esters is 2. The minimum Gasteiger partial charge on any atom is -0.497 e. The molecule has 2 aliphatic heterocycles. The van der Waals surface area contributed by atoms with E-state index in [1.165, 1.54) is 11.3 Å². The second-order valence-electron chi connectivity index (χ2n) is 7.19. The lowest BCUT2D eigenvalue weighted by Gasteiger charge is -2.20. The maximum absolute atomic E-state index is 12.5. The first-order valence-electron chi connectivity index (χ1n) is 8.66. The SMILES string of the molecule is COc1cccc(Nc2nc([C@]3(C)C[C@@]4(C[C@@H](C)OC4=O)C(=O)O3)cs2)c1. The summed E-state index contributed by atoms with van der Waals surface area (Å²) in [7, 11) is 1.61. The van der Waals surface area contributed by atoms with Crippen LogP contribution in [0.4, 0.5) is 10.8 Å². The zero-order valence-corrected chi connectivity index (χ0v) is 16.1. The Bertz CT molecular complexity index is 913. The molecule has 8 heteroatoms. The van der Waals surface area contributed by atoms with Gasteiger partial charge in [-0.25, -0.2) is 4.98 Å². The lowest BCUT2D eigenvalue weighted by molar-refractivity contribution is -0.160. The second-order valence-corrected chi connectivity index (χ2v) is 8.05. The highest BCUT2D eigenvalue weighted by molar-refractivity contribution is 7.13. The number of benzene rings is 1. The Morgan fingerprint density at radius 1 is 1.33 bits per heavy atom. The summed E-state index contributed by atoms with van der Waals surface area (Å²) in [5.74, 6) is -0.271. The fourth-order valence-corrected chi connectivity index (χ4v) is 4.60. The standard InChI is InChI=1S/C19H20N2O5S/c1-11-8-19(15(22)25-11)10-18(2,26-16(19)23)14-9-27-17(21-14)20-12-5-4-6-13(7-12)24-3/h4-7,9,11H,8,10H2,1-3H3,(H,20,21)/t11-,18+,19-/m1/s1. The largest absolute Gasteiger partial charge is 0.497 e. The van der Waals surface area contributed by atoms with Crippen molar-refractivity contribution in [2.24, 2.45) is 5.41 Å².